The molecule has 4 nitrogen and oxygen atoms in total. The Balaban J connectivity index is 2.35. The molecule has 1 unspecified atom stereocenters. The highest BCUT2D eigenvalue weighted by Crippen LogP contribution is 2.30. The van der Waals surface area contributed by atoms with E-state index in [1.54, 1.807) is 7.11 Å². The lowest BCUT2D eigenvalue weighted by molar-refractivity contribution is 0.0962. The average molecular weight is 256 g/mol. The van der Waals surface area contributed by atoms with Crippen LogP contribution in [0.1, 0.15) is 35.5 Å². The summed E-state index contributed by atoms with van der Waals surface area (Å²) in [6.07, 6.45) is 0. The van der Waals surface area contributed by atoms with Gasteiger partial charge in [-0.25, -0.2) is 0 Å². The molecule has 1 aliphatic rings. The highest BCUT2D eigenvalue weighted by Gasteiger charge is 2.28. The van der Waals surface area contributed by atoms with Crippen LogP contribution in [-0.4, -0.2) is 29.6 Å². The van der Waals surface area contributed by atoms with Gasteiger partial charge in [-0.2, -0.15) is 0 Å². The highest BCUT2D eigenvalue weighted by molar-refractivity contribution is 6.22. The minimum Gasteiger partial charge on any atom is -0.380 e. The van der Waals surface area contributed by atoms with E-state index < -0.39 is 0 Å². The van der Waals surface area contributed by atoms with Gasteiger partial charge in [0, 0.05) is 29.3 Å². The second kappa shape index (κ2) is 4.31. The lowest BCUT2D eigenvalue weighted by Crippen LogP contribution is -2.24. The third kappa shape index (κ3) is 1.71. The van der Waals surface area contributed by atoms with Crippen molar-refractivity contribution >= 4 is 22.4 Å². The number of carbonyl (C=O) groups excluding carboxylic acids is 1. The molecule has 98 valence electrons. The summed E-state index contributed by atoms with van der Waals surface area (Å²) in [5, 5.41) is 1.06. The Labute approximate surface area is 111 Å². The molecule has 2 heterocycles. The predicted molar refractivity (Wildman–Crippen MR) is 75.0 cm³/mol. The first-order valence-corrected chi connectivity index (χ1v) is 6.35. The molecule has 3 rings (SSSR count). The number of carbonyl (C=O) groups is 1. The first-order valence-electron chi connectivity index (χ1n) is 6.35. The lowest BCUT2D eigenvalue weighted by Gasteiger charge is -2.15. The van der Waals surface area contributed by atoms with E-state index in [2.05, 4.69) is 9.98 Å². The van der Waals surface area contributed by atoms with Crippen LogP contribution in [0.5, 0.6) is 0 Å². The van der Waals surface area contributed by atoms with Gasteiger partial charge in [-0.05, 0) is 25.5 Å². The van der Waals surface area contributed by atoms with Crippen LogP contribution < -0.4 is 0 Å². The number of nitrogens with one attached hydrogen (secondary N) is 1. The van der Waals surface area contributed by atoms with Crippen LogP contribution in [0.25, 0.3) is 10.9 Å². The van der Waals surface area contributed by atoms with Crippen LogP contribution in [0.4, 0.5) is 0 Å². The number of aliphatic imine (C=N–C) groups is 1. The standard InChI is InChI=1S/C15H16N2O2/c1-8-12-13-10(7-19-3)5-4-6-11(13)17-14(12)15(18)9(2)16-8/h4-6,9,17H,7H2,1-3H3. The monoisotopic (exact) mass is 256 g/mol. The fourth-order valence-electron chi connectivity index (χ4n) is 2.77. The molecule has 1 atom stereocenters. The lowest BCUT2D eigenvalue weighted by atomic mass is 9.96. The van der Waals surface area contributed by atoms with E-state index in [0.29, 0.717) is 12.3 Å². The van der Waals surface area contributed by atoms with Crippen molar-refractivity contribution in [2.24, 2.45) is 4.99 Å². The Hall–Kier alpha value is -1.94. The van der Waals surface area contributed by atoms with E-state index in [-0.39, 0.29) is 11.8 Å². The molecule has 1 aliphatic heterocycles. The van der Waals surface area contributed by atoms with Crippen molar-refractivity contribution < 1.29 is 9.53 Å². The number of aromatic nitrogens is 1. The number of nitrogens with zero attached hydrogens (tertiary/aromatic N) is 1. The molecular formula is C15H16N2O2. The summed E-state index contributed by atoms with van der Waals surface area (Å²) >= 11 is 0. The van der Waals surface area contributed by atoms with Gasteiger partial charge in [0.05, 0.1) is 12.3 Å². The highest BCUT2D eigenvalue weighted by atomic mass is 16.5. The van der Waals surface area contributed by atoms with Gasteiger partial charge in [0.2, 0.25) is 5.78 Å². The Bertz CT molecular complexity index is 697. The molecule has 0 radical (unpaired) electrons. The van der Waals surface area contributed by atoms with Crippen molar-refractivity contribution in [2.45, 2.75) is 26.5 Å². The number of methoxy groups -OCH3 is 1. The summed E-state index contributed by atoms with van der Waals surface area (Å²) in [7, 11) is 1.67. The van der Waals surface area contributed by atoms with Gasteiger partial charge >= 0.3 is 0 Å². The zero-order valence-electron chi connectivity index (χ0n) is 11.3. The molecule has 0 fully saturated rings. The van der Waals surface area contributed by atoms with Gasteiger partial charge in [-0.3, -0.25) is 9.79 Å². The van der Waals surface area contributed by atoms with Crippen LogP contribution in [0, 0.1) is 0 Å². The number of Topliss-reactive ketones (excluding diaryl/α,β-unsaturated/α-hetero) is 1. The molecule has 1 aromatic heterocycles. The van der Waals surface area contributed by atoms with Crippen molar-refractivity contribution in [3.8, 4) is 0 Å². The maximum atomic E-state index is 12.2. The fraction of sp³-hybridized carbons (Fsp3) is 0.333. The summed E-state index contributed by atoms with van der Waals surface area (Å²) in [4.78, 5) is 19.9. The van der Waals surface area contributed by atoms with Gasteiger partial charge in [0.25, 0.3) is 0 Å². The molecule has 4 heteroatoms. The maximum absolute atomic E-state index is 12.2. The topological polar surface area (TPSA) is 54.4 Å². The molecule has 19 heavy (non-hydrogen) atoms. The Kier molecular flexibility index (Phi) is 2.75. The number of ether oxygens (including phenoxy) is 1. The number of benzene rings is 1. The van der Waals surface area contributed by atoms with E-state index >= 15 is 0 Å². The number of rotatable bonds is 2. The van der Waals surface area contributed by atoms with E-state index in [0.717, 1.165) is 27.7 Å². The quantitative estimate of drug-likeness (QED) is 0.898. The molecule has 0 aliphatic carbocycles. The zero-order chi connectivity index (χ0) is 13.6. The second-order valence-corrected chi connectivity index (χ2v) is 4.90. The Morgan fingerprint density at radius 1 is 1.42 bits per heavy atom. The van der Waals surface area contributed by atoms with Crippen molar-refractivity contribution in [1.29, 1.82) is 0 Å². The van der Waals surface area contributed by atoms with Gasteiger partial charge in [0.15, 0.2) is 0 Å². The Morgan fingerprint density at radius 3 is 2.95 bits per heavy atom. The smallest absolute Gasteiger partial charge is 0.203 e. The summed E-state index contributed by atoms with van der Waals surface area (Å²) < 4.78 is 5.24. The van der Waals surface area contributed by atoms with Crippen LogP contribution in [0.3, 0.4) is 0 Å². The van der Waals surface area contributed by atoms with Crippen molar-refractivity contribution in [1.82, 2.24) is 4.98 Å². The van der Waals surface area contributed by atoms with E-state index in [1.165, 1.54) is 0 Å². The molecule has 1 N–H and O–H groups in total. The van der Waals surface area contributed by atoms with E-state index in [4.69, 9.17) is 4.74 Å². The zero-order valence-corrected chi connectivity index (χ0v) is 11.3. The van der Waals surface area contributed by atoms with Crippen LogP contribution in [0.2, 0.25) is 0 Å². The van der Waals surface area contributed by atoms with Gasteiger partial charge in [-0.1, -0.05) is 12.1 Å². The molecule has 0 spiro atoms. The van der Waals surface area contributed by atoms with Crippen LogP contribution in [-0.2, 0) is 11.3 Å². The number of fused-ring (bicyclic) bond motifs is 3. The number of ketones is 1. The summed E-state index contributed by atoms with van der Waals surface area (Å²) in [6.45, 7) is 4.31. The maximum Gasteiger partial charge on any atom is 0.203 e. The third-order valence-corrected chi connectivity index (χ3v) is 3.59. The predicted octanol–water partition coefficient (Wildman–Crippen LogP) is 2.71. The normalized spacial score (nSPS) is 18.6. The van der Waals surface area contributed by atoms with Crippen molar-refractivity contribution in [3.05, 3.63) is 35.0 Å². The fourth-order valence-corrected chi connectivity index (χ4v) is 2.77. The minimum absolute atomic E-state index is 0.0557. The molecule has 0 amide bonds. The first kappa shape index (κ1) is 12.1. The molecule has 0 bridgehead atoms. The molecule has 2 aromatic rings. The van der Waals surface area contributed by atoms with E-state index in [9.17, 15) is 4.79 Å². The molecule has 1 aromatic carbocycles. The van der Waals surface area contributed by atoms with Crippen LogP contribution in [0.15, 0.2) is 23.2 Å². The summed E-state index contributed by atoms with van der Waals surface area (Å²) in [5.74, 6) is 0.0557. The van der Waals surface area contributed by atoms with Crippen molar-refractivity contribution in [3.63, 3.8) is 0 Å². The van der Waals surface area contributed by atoms with Crippen molar-refractivity contribution in [2.75, 3.05) is 7.11 Å². The van der Waals surface area contributed by atoms with Gasteiger partial charge < -0.3 is 9.72 Å². The molecule has 0 saturated heterocycles. The van der Waals surface area contributed by atoms with Gasteiger partial charge in [0.1, 0.15) is 6.04 Å². The average Bonchev–Trinajstić information content (AvgIpc) is 2.77. The molecular weight excluding hydrogens is 240 g/mol. The molecule has 0 saturated carbocycles. The SMILES string of the molecule is COCc1cccc2[nH]c3c(c12)C(C)=NC(C)C3=O. The Morgan fingerprint density at radius 2 is 2.21 bits per heavy atom. The first-order chi connectivity index (χ1) is 9.13. The number of hydrogen-bond acceptors (Lipinski definition) is 3. The second-order valence-electron chi connectivity index (χ2n) is 4.90. The van der Waals surface area contributed by atoms with Crippen LogP contribution >= 0.6 is 0 Å². The summed E-state index contributed by atoms with van der Waals surface area (Å²) in [6, 6.07) is 5.68. The number of hydrogen-bond donors (Lipinski definition) is 1. The number of H-pyrrole nitrogens is 1. The summed E-state index contributed by atoms with van der Waals surface area (Å²) in [5.41, 5.74) is 4.58. The van der Waals surface area contributed by atoms with E-state index in [1.807, 2.05) is 32.0 Å². The third-order valence-electron chi connectivity index (χ3n) is 3.59. The largest absolute Gasteiger partial charge is 0.380 e. The van der Waals surface area contributed by atoms with Gasteiger partial charge in [-0.15, -0.1) is 0 Å². The number of aromatic amines is 1. The minimum atomic E-state index is -0.300.